The summed E-state index contributed by atoms with van der Waals surface area (Å²) in [6, 6.07) is 0.456. The van der Waals surface area contributed by atoms with Crippen molar-refractivity contribution in [3.05, 3.63) is 18.0 Å². The van der Waals surface area contributed by atoms with Gasteiger partial charge in [0.2, 0.25) is 0 Å². The zero-order valence-corrected chi connectivity index (χ0v) is 6.02. The van der Waals surface area contributed by atoms with Gasteiger partial charge in [-0.1, -0.05) is 13.8 Å². The van der Waals surface area contributed by atoms with Crippen LogP contribution in [0.5, 0.6) is 0 Å². The first-order chi connectivity index (χ1) is 3.27. The second-order valence-corrected chi connectivity index (χ2v) is 1.75. The molecule has 0 saturated carbocycles. The average molecular weight is 105 g/mol. The standard InChI is InChI=1S/C6H12N.Li/c1-4-5-7-6(2)3;/h4,6H,1,5H2,2-3H3;/q-1;+1. The van der Waals surface area contributed by atoms with Gasteiger partial charge in [-0.15, -0.1) is 25.2 Å². The SMILES string of the molecule is C=CC[N-]C(C)C.[Li+]. The Morgan fingerprint density at radius 1 is 1.62 bits per heavy atom. The quantitative estimate of drug-likeness (QED) is 0.321. The Labute approximate surface area is 63.7 Å². The van der Waals surface area contributed by atoms with Gasteiger partial charge in [0.15, 0.2) is 0 Å². The van der Waals surface area contributed by atoms with Crippen LogP contribution in [-0.2, 0) is 0 Å². The van der Waals surface area contributed by atoms with E-state index >= 15 is 0 Å². The van der Waals surface area contributed by atoms with Gasteiger partial charge in [-0.25, -0.2) is 0 Å². The minimum absolute atomic E-state index is 0. The summed E-state index contributed by atoms with van der Waals surface area (Å²) in [5.41, 5.74) is 0. The molecule has 0 atom stereocenters. The summed E-state index contributed by atoms with van der Waals surface area (Å²) < 4.78 is 0. The summed E-state index contributed by atoms with van der Waals surface area (Å²) in [6.45, 7) is 8.45. The maximum Gasteiger partial charge on any atom is 1.00 e. The number of hydrogen-bond donors (Lipinski definition) is 0. The van der Waals surface area contributed by atoms with Crippen molar-refractivity contribution in [3.63, 3.8) is 0 Å². The maximum absolute atomic E-state index is 4.12. The van der Waals surface area contributed by atoms with Crippen molar-refractivity contribution in [2.75, 3.05) is 6.54 Å². The normalized spacial score (nSPS) is 8.38. The molecular weight excluding hydrogens is 93.0 g/mol. The zero-order valence-electron chi connectivity index (χ0n) is 6.02. The summed E-state index contributed by atoms with van der Waals surface area (Å²) in [6.07, 6.45) is 1.81. The first-order valence-electron chi connectivity index (χ1n) is 2.55. The largest absolute Gasteiger partial charge is 1.00 e. The molecule has 8 heavy (non-hydrogen) atoms. The first-order valence-corrected chi connectivity index (χ1v) is 2.55. The predicted molar refractivity (Wildman–Crippen MR) is 33.6 cm³/mol. The molecule has 2 heteroatoms. The molecule has 0 fully saturated rings. The molecule has 0 amide bonds. The van der Waals surface area contributed by atoms with Crippen LogP contribution in [0.25, 0.3) is 5.32 Å². The topological polar surface area (TPSA) is 14.1 Å². The molecule has 0 aliphatic carbocycles. The molecule has 0 saturated heterocycles. The van der Waals surface area contributed by atoms with Crippen LogP contribution in [0.4, 0.5) is 0 Å². The van der Waals surface area contributed by atoms with E-state index < -0.39 is 0 Å². The third-order valence-electron chi connectivity index (χ3n) is 0.600. The van der Waals surface area contributed by atoms with E-state index in [4.69, 9.17) is 0 Å². The van der Waals surface area contributed by atoms with Crippen LogP contribution in [-0.4, -0.2) is 12.6 Å². The molecular formula is C6H12LiN. The minimum atomic E-state index is 0. The first kappa shape index (κ1) is 11.1. The Bertz CT molecular complexity index is 52.5. The maximum atomic E-state index is 4.12. The Kier molecular flexibility index (Phi) is 10.2. The summed E-state index contributed by atoms with van der Waals surface area (Å²) in [7, 11) is 0. The number of rotatable bonds is 3. The molecule has 0 aromatic rings. The van der Waals surface area contributed by atoms with E-state index in [0.29, 0.717) is 6.04 Å². The van der Waals surface area contributed by atoms with Crippen molar-refractivity contribution in [1.82, 2.24) is 0 Å². The molecule has 0 aromatic carbocycles. The van der Waals surface area contributed by atoms with Gasteiger partial charge in [-0.2, -0.15) is 0 Å². The molecule has 0 aliphatic heterocycles. The van der Waals surface area contributed by atoms with Gasteiger partial charge in [0, 0.05) is 0 Å². The van der Waals surface area contributed by atoms with Crippen molar-refractivity contribution < 1.29 is 18.9 Å². The van der Waals surface area contributed by atoms with E-state index in [1.54, 1.807) is 6.08 Å². The Morgan fingerprint density at radius 2 is 2.12 bits per heavy atom. The van der Waals surface area contributed by atoms with Gasteiger partial charge in [0.1, 0.15) is 0 Å². The van der Waals surface area contributed by atoms with E-state index in [1.807, 2.05) is 0 Å². The molecule has 0 heterocycles. The minimum Gasteiger partial charge on any atom is -0.657 e. The fourth-order valence-electron chi connectivity index (χ4n) is 0.285. The van der Waals surface area contributed by atoms with E-state index in [0.717, 1.165) is 6.54 Å². The van der Waals surface area contributed by atoms with Crippen LogP contribution in [0.2, 0.25) is 0 Å². The molecule has 0 aromatic heterocycles. The summed E-state index contributed by atoms with van der Waals surface area (Å²) in [5.74, 6) is 0. The molecule has 0 rings (SSSR count). The van der Waals surface area contributed by atoms with E-state index in [2.05, 4.69) is 25.7 Å². The van der Waals surface area contributed by atoms with Crippen molar-refractivity contribution in [3.8, 4) is 0 Å². The van der Waals surface area contributed by atoms with Gasteiger partial charge in [0.25, 0.3) is 0 Å². The Hall–Kier alpha value is 0.297. The van der Waals surface area contributed by atoms with Crippen LogP contribution in [0, 0.1) is 0 Å². The molecule has 42 valence electrons. The van der Waals surface area contributed by atoms with E-state index in [-0.39, 0.29) is 18.9 Å². The van der Waals surface area contributed by atoms with Crippen molar-refractivity contribution in [1.29, 1.82) is 0 Å². The van der Waals surface area contributed by atoms with Gasteiger partial charge in [0.05, 0.1) is 0 Å². The summed E-state index contributed by atoms with van der Waals surface area (Å²) in [5, 5.41) is 4.12. The summed E-state index contributed by atoms with van der Waals surface area (Å²) in [4.78, 5) is 0. The van der Waals surface area contributed by atoms with Crippen molar-refractivity contribution in [2.45, 2.75) is 19.9 Å². The van der Waals surface area contributed by atoms with Crippen LogP contribution < -0.4 is 18.9 Å². The smallest absolute Gasteiger partial charge is 0.657 e. The van der Waals surface area contributed by atoms with Gasteiger partial charge in [-0.3, -0.25) is 0 Å². The predicted octanol–water partition coefficient (Wildman–Crippen LogP) is -1.04. The third kappa shape index (κ3) is 9.57. The molecule has 0 N–H and O–H groups in total. The fourth-order valence-corrected chi connectivity index (χ4v) is 0.285. The monoisotopic (exact) mass is 105 g/mol. The van der Waals surface area contributed by atoms with Crippen molar-refractivity contribution in [2.24, 2.45) is 0 Å². The molecule has 1 nitrogen and oxygen atoms in total. The third-order valence-corrected chi connectivity index (χ3v) is 0.600. The second-order valence-electron chi connectivity index (χ2n) is 1.75. The average Bonchev–Trinajstić information content (AvgIpc) is 1.61. The van der Waals surface area contributed by atoms with Crippen LogP contribution in [0.3, 0.4) is 0 Å². The number of nitrogens with zero attached hydrogens (tertiary/aromatic N) is 1. The molecule has 0 aliphatic rings. The van der Waals surface area contributed by atoms with Gasteiger partial charge in [-0.05, 0) is 0 Å². The Balaban J connectivity index is 0. The fraction of sp³-hybridized carbons (Fsp3) is 0.667. The van der Waals surface area contributed by atoms with Gasteiger partial charge < -0.3 is 5.32 Å². The molecule has 0 bridgehead atoms. The second kappa shape index (κ2) is 7.30. The van der Waals surface area contributed by atoms with Crippen LogP contribution in [0.15, 0.2) is 12.7 Å². The van der Waals surface area contributed by atoms with Gasteiger partial charge >= 0.3 is 18.9 Å². The van der Waals surface area contributed by atoms with E-state index in [1.165, 1.54) is 0 Å². The van der Waals surface area contributed by atoms with Crippen LogP contribution >= 0.6 is 0 Å². The van der Waals surface area contributed by atoms with E-state index in [9.17, 15) is 0 Å². The molecule has 0 spiro atoms. The van der Waals surface area contributed by atoms with Crippen LogP contribution in [0.1, 0.15) is 13.8 Å². The Morgan fingerprint density at radius 3 is 2.25 bits per heavy atom. The molecule has 0 radical (unpaired) electrons. The molecule has 0 unspecified atom stereocenters. The zero-order chi connectivity index (χ0) is 5.70. The van der Waals surface area contributed by atoms with Crippen molar-refractivity contribution >= 4 is 0 Å². The summed E-state index contributed by atoms with van der Waals surface area (Å²) >= 11 is 0. The number of hydrogen-bond acceptors (Lipinski definition) is 0.